The molecule has 20 heavy (non-hydrogen) atoms. The Balaban J connectivity index is 1.84. The molecule has 0 unspecified atom stereocenters. The van der Waals surface area contributed by atoms with Crippen molar-refractivity contribution in [1.82, 2.24) is 15.1 Å². The molecule has 2 aliphatic rings. The van der Waals surface area contributed by atoms with E-state index in [9.17, 15) is 0 Å². The Hall–Kier alpha value is -0.120. The number of hydrogen-bond donors (Lipinski definition) is 1. The van der Waals surface area contributed by atoms with E-state index in [1.807, 2.05) is 0 Å². The number of nitrogens with one attached hydrogen (secondary N) is 1. The predicted octanol–water partition coefficient (Wildman–Crippen LogP) is 2.43. The molecular formula is C17H35N3. The zero-order chi connectivity index (χ0) is 14.6. The Morgan fingerprint density at radius 1 is 1.00 bits per heavy atom. The Bertz CT molecular complexity index is 278. The summed E-state index contributed by atoms with van der Waals surface area (Å²) < 4.78 is 0. The van der Waals surface area contributed by atoms with Gasteiger partial charge in [0.05, 0.1) is 0 Å². The number of rotatable bonds is 8. The van der Waals surface area contributed by atoms with E-state index in [0.29, 0.717) is 5.41 Å². The molecule has 2 aliphatic carbocycles. The molecule has 3 heteroatoms. The van der Waals surface area contributed by atoms with Gasteiger partial charge in [-0.2, -0.15) is 0 Å². The normalized spacial score (nSPS) is 31.2. The fourth-order valence-corrected chi connectivity index (χ4v) is 3.44. The molecule has 0 amide bonds. The maximum absolute atomic E-state index is 3.82. The quantitative estimate of drug-likeness (QED) is 0.737. The fourth-order valence-electron chi connectivity index (χ4n) is 3.44. The highest BCUT2D eigenvalue weighted by molar-refractivity contribution is 4.92. The molecular weight excluding hydrogens is 246 g/mol. The highest BCUT2D eigenvalue weighted by Crippen LogP contribution is 2.39. The van der Waals surface area contributed by atoms with Crippen molar-refractivity contribution >= 4 is 0 Å². The third kappa shape index (κ3) is 5.34. The van der Waals surface area contributed by atoms with Crippen LogP contribution in [0.4, 0.5) is 0 Å². The van der Waals surface area contributed by atoms with Gasteiger partial charge >= 0.3 is 0 Å². The molecule has 2 saturated carbocycles. The van der Waals surface area contributed by atoms with Gasteiger partial charge in [-0.25, -0.2) is 0 Å². The Labute approximate surface area is 126 Å². The summed E-state index contributed by atoms with van der Waals surface area (Å²) in [5, 5.41) is 3.82. The number of hydrogen-bond acceptors (Lipinski definition) is 3. The van der Waals surface area contributed by atoms with Crippen LogP contribution in [0.25, 0.3) is 0 Å². The molecule has 1 N–H and O–H groups in total. The van der Waals surface area contributed by atoms with Gasteiger partial charge < -0.3 is 15.1 Å². The first-order chi connectivity index (χ1) is 9.49. The van der Waals surface area contributed by atoms with Crippen LogP contribution >= 0.6 is 0 Å². The zero-order valence-electron chi connectivity index (χ0n) is 14.1. The first-order valence-electron chi connectivity index (χ1n) is 8.56. The van der Waals surface area contributed by atoms with Gasteiger partial charge in [-0.05, 0) is 58.2 Å². The monoisotopic (exact) mass is 281 g/mol. The standard InChI is InChI=1S/C17H35N3/c1-15-7-9-17(10-8-15,13-18-16-5-6-16)14-20(4)12-11-19(2)3/h15-16,18H,5-14H2,1-4H3. The maximum atomic E-state index is 3.82. The first-order valence-corrected chi connectivity index (χ1v) is 8.56. The largest absolute Gasteiger partial charge is 0.313 e. The lowest BCUT2D eigenvalue weighted by atomic mass is 9.70. The molecule has 3 nitrogen and oxygen atoms in total. The lowest BCUT2D eigenvalue weighted by molar-refractivity contribution is 0.0952. The van der Waals surface area contributed by atoms with Crippen molar-refractivity contribution in [2.45, 2.75) is 51.5 Å². The molecule has 118 valence electrons. The minimum absolute atomic E-state index is 0.538. The highest BCUT2D eigenvalue weighted by Gasteiger charge is 2.36. The van der Waals surface area contributed by atoms with Gasteiger partial charge in [0.1, 0.15) is 0 Å². The molecule has 0 atom stereocenters. The van der Waals surface area contributed by atoms with E-state index in [-0.39, 0.29) is 0 Å². The second-order valence-corrected chi connectivity index (χ2v) is 7.88. The van der Waals surface area contributed by atoms with Gasteiger partial charge in [0.25, 0.3) is 0 Å². The topological polar surface area (TPSA) is 18.5 Å². The summed E-state index contributed by atoms with van der Waals surface area (Å²) in [5.41, 5.74) is 0.538. The van der Waals surface area contributed by atoms with Crippen molar-refractivity contribution < 1.29 is 0 Å². The van der Waals surface area contributed by atoms with Crippen molar-refractivity contribution in [2.24, 2.45) is 11.3 Å². The second kappa shape index (κ2) is 7.24. The van der Waals surface area contributed by atoms with Gasteiger partial charge in [0, 0.05) is 32.2 Å². The van der Waals surface area contributed by atoms with Crippen LogP contribution < -0.4 is 5.32 Å². The van der Waals surface area contributed by atoms with Gasteiger partial charge in [-0.15, -0.1) is 0 Å². The number of nitrogens with zero attached hydrogens (tertiary/aromatic N) is 2. The molecule has 0 aromatic rings. The van der Waals surface area contributed by atoms with E-state index >= 15 is 0 Å². The molecule has 0 radical (unpaired) electrons. The van der Waals surface area contributed by atoms with Crippen LogP contribution in [0, 0.1) is 11.3 Å². The average Bonchev–Trinajstić information content (AvgIpc) is 3.22. The van der Waals surface area contributed by atoms with Gasteiger partial charge in [-0.1, -0.05) is 19.8 Å². The summed E-state index contributed by atoms with van der Waals surface area (Å²) >= 11 is 0. The van der Waals surface area contributed by atoms with Crippen molar-refractivity contribution in [3.63, 3.8) is 0 Å². The minimum atomic E-state index is 0.538. The third-order valence-electron chi connectivity index (χ3n) is 5.21. The molecule has 0 aliphatic heterocycles. The lowest BCUT2D eigenvalue weighted by Crippen LogP contribution is -2.46. The minimum Gasteiger partial charge on any atom is -0.313 e. The van der Waals surface area contributed by atoms with Crippen LogP contribution in [-0.4, -0.2) is 63.2 Å². The first kappa shape index (κ1) is 16.3. The zero-order valence-corrected chi connectivity index (χ0v) is 14.1. The Morgan fingerprint density at radius 3 is 2.20 bits per heavy atom. The molecule has 0 bridgehead atoms. The molecule has 0 saturated heterocycles. The van der Waals surface area contributed by atoms with Crippen LogP contribution in [0.15, 0.2) is 0 Å². The van der Waals surface area contributed by atoms with Crippen LogP contribution in [0.1, 0.15) is 45.4 Å². The Kier molecular flexibility index (Phi) is 5.88. The van der Waals surface area contributed by atoms with Crippen molar-refractivity contribution in [2.75, 3.05) is 47.3 Å². The van der Waals surface area contributed by atoms with Crippen molar-refractivity contribution in [1.29, 1.82) is 0 Å². The molecule has 0 spiro atoms. The SMILES string of the molecule is CC1CCC(CNC2CC2)(CN(C)CCN(C)C)CC1. The summed E-state index contributed by atoms with van der Waals surface area (Å²) in [6.45, 7) is 7.30. The summed E-state index contributed by atoms with van der Waals surface area (Å²) in [4.78, 5) is 4.85. The third-order valence-corrected chi connectivity index (χ3v) is 5.21. The van der Waals surface area contributed by atoms with E-state index in [0.717, 1.165) is 12.0 Å². The van der Waals surface area contributed by atoms with Gasteiger partial charge in [0.15, 0.2) is 0 Å². The van der Waals surface area contributed by atoms with Crippen LogP contribution in [-0.2, 0) is 0 Å². The van der Waals surface area contributed by atoms with Crippen LogP contribution in [0.5, 0.6) is 0 Å². The van der Waals surface area contributed by atoms with Gasteiger partial charge in [0.2, 0.25) is 0 Å². The number of likely N-dealkylation sites (N-methyl/N-ethyl adjacent to an activating group) is 2. The van der Waals surface area contributed by atoms with Gasteiger partial charge in [-0.3, -0.25) is 0 Å². The summed E-state index contributed by atoms with van der Waals surface area (Å²) in [7, 11) is 6.64. The molecule has 2 rings (SSSR count). The predicted molar refractivity (Wildman–Crippen MR) is 87.1 cm³/mol. The summed E-state index contributed by atoms with van der Waals surface area (Å²) in [5.74, 6) is 0.941. The van der Waals surface area contributed by atoms with Crippen LogP contribution in [0.2, 0.25) is 0 Å². The average molecular weight is 281 g/mol. The smallest absolute Gasteiger partial charge is 0.0106 e. The molecule has 2 fully saturated rings. The molecule has 0 aromatic heterocycles. The van der Waals surface area contributed by atoms with E-state index in [1.54, 1.807) is 0 Å². The highest BCUT2D eigenvalue weighted by atomic mass is 15.2. The second-order valence-electron chi connectivity index (χ2n) is 7.88. The molecule has 0 heterocycles. The lowest BCUT2D eigenvalue weighted by Gasteiger charge is -2.42. The summed E-state index contributed by atoms with van der Waals surface area (Å²) in [6.07, 6.45) is 8.49. The van der Waals surface area contributed by atoms with Crippen molar-refractivity contribution in [3.05, 3.63) is 0 Å². The van der Waals surface area contributed by atoms with E-state index in [2.05, 4.69) is 43.2 Å². The van der Waals surface area contributed by atoms with E-state index in [4.69, 9.17) is 0 Å². The van der Waals surface area contributed by atoms with E-state index in [1.165, 1.54) is 64.7 Å². The molecule has 0 aromatic carbocycles. The maximum Gasteiger partial charge on any atom is 0.0106 e. The van der Waals surface area contributed by atoms with E-state index < -0.39 is 0 Å². The van der Waals surface area contributed by atoms with Crippen molar-refractivity contribution in [3.8, 4) is 0 Å². The Morgan fingerprint density at radius 2 is 1.65 bits per heavy atom. The van der Waals surface area contributed by atoms with Crippen LogP contribution in [0.3, 0.4) is 0 Å². The summed E-state index contributed by atoms with van der Waals surface area (Å²) in [6, 6.07) is 0.846. The fraction of sp³-hybridized carbons (Fsp3) is 1.00.